The number of benzene rings is 1. The molecular formula is C15H16F2N2S. The number of halogens is 2. The van der Waals surface area contributed by atoms with Crippen molar-refractivity contribution in [2.24, 2.45) is 0 Å². The maximum Gasteiger partial charge on any atom is 0.133 e. The van der Waals surface area contributed by atoms with E-state index in [1.165, 1.54) is 36.3 Å². The smallest absolute Gasteiger partial charge is 0.133 e. The van der Waals surface area contributed by atoms with Gasteiger partial charge in [-0.05, 0) is 44.0 Å². The minimum atomic E-state index is -0.419. The van der Waals surface area contributed by atoms with E-state index in [4.69, 9.17) is 0 Å². The van der Waals surface area contributed by atoms with Crippen LogP contribution in [0, 0.1) is 18.6 Å². The number of hydrogen-bond donors (Lipinski definition) is 1. The van der Waals surface area contributed by atoms with E-state index in [1.807, 2.05) is 0 Å². The van der Waals surface area contributed by atoms with Crippen LogP contribution in [0.5, 0.6) is 0 Å². The molecular weight excluding hydrogens is 278 g/mol. The van der Waals surface area contributed by atoms with Gasteiger partial charge in [0.2, 0.25) is 0 Å². The van der Waals surface area contributed by atoms with Crippen molar-refractivity contribution in [1.82, 2.24) is 10.3 Å². The highest BCUT2D eigenvalue weighted by molar-refractivity contribution is 7.10. The van der Waals surface area contributed by atoms with E-state index < -0.39 is 11.6 Å². The van der Waals surface area contributed by atoms with E-state index in [0.29, 0.717) is 11.3 Å². The maximum absolute atomic E-state index is 13.9. The van der Waals surface area contributed by atoms with Crippen LogP contribution in [0.2, 0.25) is 0 Å². The summed E-state index contributed by atoms with van der Waals surface area (Å²) in [5, 5.41) is 6.18. The Morgan fingerprint density at radius 2 is 2.10 bits per heavy atom. The molecule has 1 fully saturated rings. The molecule has 0 radical (unpaired) electrons. The largest absolute Gasteiger partial charge is 0.308 e. The monoisotopic (exact) mass is 294 g/mol. The molecule has 2 heterocycles. The van der Waals surface area contributed by atoms with Gasteiger partial charge in [0.15, 0.2) is 0 Å². The van der Waals surface area contributed by atoms with Crippen LogP contribution in [0.4, 0.5) is 8.78 Å². The van der Waals surface area contributed by atoms with Crippen molar-refractivity contribution in [3.05, 3.63) is 39.7 Å². The Balaban J connectivity index is 1.91. The second-order valence-electron chi connectivity index (χ2n) is 5.15. The standard InChI is InChI=1S/C15H16F2N2S/c1-9-6-12(17)10(7-11(9)16)14-8-20-15(19-14)13-4-2-3-5-18-13/h6-8,13,18H,2-5H2,1H3. The third kappa shape index (κ3) is 2.60. The molecule has 106 valence electrons. The highest BCUT2D eigenvalue weighted by Crippen LogP contribution is 2.31. The Morgan fingerprint density at radius 1 is 1.25 bits per heavy atom. The van der Waals surface area contributed by atoms with E-state index in [1.54, 1.807) is 12.3 Å². The fourth-order valence-corrected chi connectivity index (χ4v) is 3.41. The first-order chi connectivity index (χ1) is 9.65. The molecule has 1 aromatic heterocycles. The first-order valence-electron chi connectivity index (χ1n) is 6.80. The summed E-state index contributed by atoms with van der Waals surface area (Å²) in [5.41, 5.74) is 1.08. The van der Waals surface area contributed by atoms with Gasteiger partial charge in [-0.3, -0.25) is 0 Å². The number of thiazole rings is 1. The predicted molar refractivity (Wildman–Crippen MR) is 76.8 cm³/mol. The summed E-state index contributed by atoms with van der Waals surface area (Å²) in [6.45, 7) is 2.55. The van der Waals surface area contributed by atoms with Crippen LogP contribution in [-0.4, -0.2) is 11.5 Å². The molecule has 2 aromatic rings. The number of hydrogen-bond acceptors (Lipinski definition) is 3. The van der Waals surface area contributed by atoms with Crippen LogP contribution in [0.15, 0.2) is 17.5 Å². The minimum Gasteiger partial charge on any atom is -0.308 e. The number of aryl methyl sites for hydroxylation is 1. The third-order valence-electron chi connectivity index (χ3n) is 3.65. The van der Waals surface area contributed by atoms with E-state index in [0.717, 1.165) is 18.0 Å². The number of aromatic nitrogens is 1. The van der Waals surface area contributed by atoms with Gasteiger partial charge in [0, 0.05) is 10.9 Å². The van der Waals surface area contributed by atoms with Gasteiger partial charge in [-0.15, -0.1) is 11.3 Å². The molecule has 5 heteroatoms. The Bertz CT molecular complexity index is 618. The molecule has 0 bridgehead atoms. The first kappa shape index (κ1) is 13.6. The molecule has 1 saturated heterocycles. The molecule has 0 amide bonds. The molecule has 1 unspecified atom stereocenters. The summed E-state index contributed by atoms with van der Waals surface area (Å²) in [6.07, 6.45) is 3.42. The third-order valence-corrected chi connectivity index (χ3v) is 4.61. The SMILES string of the molecule is Cc1cc(F)c(-c2csc(C3CCCCN3)n2)cc1F. The van der Waals surface area contributed by atoms with Gasteiger partial charge in [0.25, 0.3) is 0 Å². The van der Waals surface area contributed by atoms with E-state index in [-0.39, 0.29) is 11.6 Å². The van der Waals surface area contributed by atoms with Gasteiger partial charge in [0.1, 0.15) is 16.6 Å². The Hall–Kier alpha value is -1.33. The molecule has 1 aliphatic rings. The second-order valence-corrected chi connectivity index (χ2v) is 6.04. The zero-order valence-corrected chi connectivity index (χ0v) is 12.1. The Labute approximate surface area is 120 Å². The normalized spacial score (nSPS) is 19.2. The van der Waals surface area contributed by atoms with Crippen LogP contribution in [-0.2, 0) is 0 Å². The molecule has 1 aromatic carbocycles. The van der Waals surface area contributed by atoms with E-state index >= 15 is 0 Å². The zero-order chi connectivity index (χ0) is 14.1. The summed E-state index contributed by atoms with van der Waals surface area (Å²) in [7, 11) is 0. The molecule has 1 N–H and O–H groups in total. The van der Waals surface area contributed by atoms with Crippen molar-refractivity contribution in [3.8, 4) is 11.3 Å². The lowest BCUT2D eigenvalue weighted by Gasteiger charge is -2.21. The lowest BCUT2D eigenvalue weighted by molar-refractivity contribution is 0.411. The van der Waals surface area contributed by atoms with Crippen LogP contribution in [0.25, 0.3) is 11.3 Å². The molecule has 0 spiro atoms. The summed E-state index contributed by atoms with van der Waals surface area (Å²) in [6, 6.07) is 2.71. The lowest BCUT2D eigenvalue weighted by atomic mass is 10.1. The Morgan fingerprint density at radius 3 is 2.85 bits per heavy atom. The first-order valence-corrected chi connectivity index (χ1v) is 7.68. The van der Waals surface area contributed by atoms with Gasteiger partial charge in [-0.25, -0.2) is 13.8 Å². The Kier molecular flexibility index (Phi) is 3.81. The van der Waals surface area contributed by atoms with Crippen LogP contribution in [0.3, 0.4) is 0 Å². The number of nitrogens with zero attached hydrogens (tertiary/aromatic N) is 1. The van der Waals surface area contributed by atoms with Crippen LogP contribution >= 0.6 is 11.3 Å². The average Bonchev–Trinajstić information content (AvgIpc) is 2.93. The highest BCUT2D eigenvalue weighted by Gasteiger charge is 2.19. The van der Waals surface area contributed by atoms with Gasteiger partial charge in [-0.1, -0.05) is 6.42 Å². The minimum absolute atomic E-state index is 0.242. The summed E-state index contributed by atoms with van der Waals surface area (Å²) in [4.78, 5) is 4.49. The van der Waals surface area contributed by atoms with Crippen molar-refractivity contribution in [1.29, 1.82) is 0 Å². The van der Waals surface area contributed by atoms with Crippen molar-refractivity contribution < 1.29 is 8.78 Å². The van der Waals surface area contributed by atoms with Crippen molar-refractivity contribution in [2.45, 2.75) is 32.2 Å². The van der Waals surface area contributed by atoms with E-state index in [2.05, 4.69) is 10.3 Å². The van der Waals surface area contributed by atoms with Crippen LogP contribution in [0.1, 0.15) is 35.9 Å². The molecule has 1 aliphatic heterocycles. The van der Waals surface area contributed by atoms with Crippen LogP contribution < -0.4 is 5.32 Å². The quantitative estimate of drug-likeness (QED) is 0.897. The fraction of sp³-hybridized carbons (Fsp3) is 0.400. The summed E-state index contributed by atoms with van der Waals surface area (Å²) in [5.74, 6) is -0.816. The fourth-order valence-electron chi connectivity index (χ4n) is 2.48. The van der Waals surface area contributed by atoms with Gasteiger partial charge >= 0.3 is 0 Å². The van der Waals surface area contributed by atoms with Gasteiger partial charge in [0.05, 0.1) is 11.7 Å². The summed E-state index contributed by atoms with van der Waals surface area (Å²) < 4.78 is 27.6. The van der Waals surface area contributed by atoms with Gasteiger partial charge in [-0.2, -0.15) is 0 Å². The maximum atomic E-state index is 13.9. The highest BCUT2D eigenvalue weighted by atomic mass is 32.1. The molecule has 0 aliphatic carbocycles. The molecule has 3 rings (SSSR count). The van der Waals surface area contributed by atoms with Crippen molar-refractivity contribution in [2.75, 3.05) is 6.54 Å². The lowest BCUT2D eigenvalue weighted by Crippen LogP contribution is -2.26. The topological polar surface area (TPSA) is 24.9 Å². The molecule has 2 nitrogen and oxygen atoms in total. The predicted octanol–water partition coefficient (Wildman–Crippen LogP) is 4.21. The zero-order valence-electron chi connectivity index (χ0n) is 11.2. The number of rotatable bonds is 2. The van der Waals surface area contributed by atoms with Crippen molar-refractivity contribution >= 4 is 11.3 Å². The summed E-state index contributed by atoms with van der Waals surface area (Å²) >= 11 is 1.51. The molecule has 0 saturated carbocycles. The number of nitrogens with one attached hydrogen (secondary N) is 1. The molecule has 1 atom stereocenters. The average molecular weight is 294 g/mol. The number of piperidine rings is 1. The van der Waals surface area contributed by atoms with Gasteiger partial charge < -0.3 is 5.32 Å². The van der Waals surface area contributed by atoms with Crippen molar-refractivity contribution in [3.63, 3.8) is 0 Å². The van der Waals surface area contributed by atoms with E-state index in [9.17, 15) is 8.78 Å². The molecule has 20 heavy (non-hydrogen) atoms. The second kappa shape index (κ2) is 5.58.